The fourth-order valence-corrected chi connectivity index (χ4v) is 8.40. The Balaban J connectivity index is 1.29. The maximum atomic E-state index is 3.91. The Hall–Kier alpha value is -5.80. The van der Waals surface area contributed by atoms with Gasteiger partial charge in [0.2, 0.25) is 0 Å². The predicted octanol–water partition coefficient (Wildman–Crippen LogP) is 11.0. The molecule has 1 aliphatic carbocycles. The molecule has 1 unspecified atom stereocenters. The fraction of sp³-hybridized carbons (Fsp3) is 0.0476. The number of aromatic amines is 1. The summed E-state index contributed by atoms with van der Waals surface area (Å²) in [5.41, 5.74) is 12.7. The van der Waals surface area contributed by atoms with Crippen LogP contribution in [0.1, 0.15) is 29.2 Å². The lowest BCUT2D eigenvalue weighted by Gasteiger charge is -2.19. The van der Waals surface area contributed by atoms with Gasteiger partial charge < -0.3 is 14.0 Å². The largest absolute Gasteiger partial charge is 0.357 e. The lowest BCUT2D eigenvalue weighted by atomic mass is 9.86. The standard InChI is InChI=1S/C42H27N3/c1-3-11-25(12-4-1)27-16-9-17-29-32-22-38-33(21-36(32)43-41(27)29)35-24-40-34(23-39(35)44(38)26-13-5-2-6-14-26)31-19-10-18-30-28-15-7-8-20-37(28)45(40)42(30)31/h1-15,17-24,27,43H,16H2. The third kappa shape index (κ3) is 3.00. The number of nitrogens with one attached hydrogen (secondary N) is 1. The summed E-state index contributed by atoms with van der Waals surface area (Å²) in [5.74, 6) is 0.331. The molecule has 0 fully saturated rings. The van der Waals surface area contributed by atoms with Crippen molar-refractivity contribution < 1.29 is 0 Å². The zero-order chi connectivity index (χ0) is 29.2. The van der Waals surface area contributed by atoms with Crippen LogP contribution < -0.4 is 0 Å². The van der Waals surface area contributed by atoms with Gasteiger partial charge in [0.05, 0.1) is 27.6 Å². The number of H-pyrrole nitrogens is 1. The van der Waals surface area contributed by atoms with Crippen molar-refractivity contribution in [3.63, 3.8) is 0 Å². The van der Waals surface area contributed by atoms with Crippen molar-refractivity contribution >= 4 is 76.9 Å². The molecular formula is C42H27N3. The van der Waals surface area contributed by atoms with Crippen molar-refractivity contribution in [2.75, 3.05) is 0 Å². The van der Waals surface area contributed by atoms with Crippen molar-refractivity contribution in [3.05, 3.63) is 150 Å². The van der Waals surface area contributed by atoms with Gasteiger partial charge in [-0.25, -0.2) is 0 Å². The van der Waals surface area contributed by atoms with Crippen molar-refractivity contribution in [1.29, 1.82) is 0 Å². The summed E-state index contributed by atoms with van der Waals surface area (Å²) in [6, 6.07) is 47.0. The lowest BCUT2D eigenvalue weighted by Crippen LogP contribution is -2.04. The van der Waals surface area contributed by atoms with Gasteiger partial charge in [-0.1, -0.05) is 97.1 Å². The Bertz CT molecular complexity index is 2830. The molecule has 1 N–H and O–H groups in total. The van der Waals surface area contributed by atoms with E-state index in [4.69, 9.17) is 0 Å². The first-order valence-electron chi connectivity index (χ1n) is 15.8. The van der Waals surface area contributed by atoms with Gasteiger partial charge in [-0.05, 0) is 54.4 Å². The summed E-state index contributed by atoms with van der Waals surface area (Å²) < 4.78 is 4.96. The smallest absolute Gasteiger partial charge is 0.0620 e. The molecule has 210 valence electrons. The third-order valence-electron chi connectivity index (χ3n) is 10.3. The molecule has 11 rings (SSSR count). The van der Waals surface area contributed by atoms with E-state index in [1.165, 1.54) is 93.3 Å². The van der Waals surface area contributed by atoms with Crippen LogP contribution >= 0.6 is 0 Å². The number of fused-ring (bicyclic) bond motifs is 12. The first-order chi connectivity index (χ1) is 22.3. The highest BCUT2D eigenvalue weighted by Crippen LogP contribution is 2.45. The highest BCUT2D eigenvalue weighted by Gasteiger charge is 2.25. The van der Waals surface area contributed by atoms with Crippen LogP contribution in [0.3, 0.4) is 0 Å². The monoisotopic (exact) mass is 573 g/mol. The molecule has 0 saturated carbocycles. The molecule has 6 aromatic carbocycles. The second-order valence-corrected chi connectivity index (χ2v) is 12.6. The molecule has 10 aromatic rings. The van der Waals surface area contributed by atoms with E-state index >= 15 is 0 Å². The maximum Gasteiger partial charge on any atom is 0.0620 e. The predicted molar refractivity (Wildman–Crippen MR) is 189 cm³/mol. The van der Waals surface area contributed by atoms with Crippen LogP contribution in [0.2, 0.25) is 0 Å². The number of hydrogen-bond donors (Lipinski definition) is 1. The fourth-order valence-electron chi connectivity index (χ4n) is 8.40. The van der Waals surface area contributed by atoms with Gasteiger partial charge >= 0.3 is 0 Å². The molecule has 4 heterocycles. The molecule has 1 aliphatic rings. The molecule has 0 bridgehead atoms. The summed E-state index contributed by atoms with van der Waals surface area (Å²) >= 11 is 0. The highest BCUT2D eigenvalue weighted by atomic mass is 15.0. The zero-order valence-corrected chi connectivity index (χ0v) is 24.5. The SMILES string of the molecule is C1=Cc2c([nH]c3cc4c5cc6c(cc5n(-c5ccccc5)c4cc23)c2cccc3c4ccccc4n6c32)C(c2ccccc2)C1. The second-order valence-electron chi connectivity index (χ2n) is 12.6. The molecule has 0 spiro atoms. The van der Waals surface area contributed by atoms with Crippen LogP contribution in [0.25, 0.3) is 82.6 Å². The second kappa shape index (κ2) is 8.43. The van der Waals surface area contributed by atoms with Crippen molar-refractivity contribution in [2.45, 2.75) is 12.3 Å². The van der Waals surface area contributed by atoms with Crippen LogP contribution in [-0.4, -0.2) is 14.0 Å². The molecule has 1 atom stereocenters. The van der Waals surface area contributed by atoms with Gasteiger partial charge in [0.15, 0.2) is 0 Å². The van der Waals surface area contributed by atoms with E-state index in [0.717, 1.165) is 6.42 Å². The van der Waals surface area contributed by atoms with E-state index in [0.29, 0.717) is 5.92 Å². The number of nitrogens with zero attached hydrogens (tertiary/aromatic N) is 2. The molecule has 45 heavy (non-hydrogen) atoms. The number of hydrogen-bond acceptors (Lipinski definition) is 0. The van der Waals surface area contributed by atoms with Gasteiger partial charge in [-0.3, -0.25) is 0 Å². The van der Waals surface area contributed by atoms with E-state index < -0.39 is 0 Å². The highest BCUT2D eigenvalue weighted by molar-refractivity contribution is 6.26. The Labute approximate surface area is 258 Å². The Kier molecular flexibility index (Phi) is 4.43. The molecule has 0 aliphatic heterocycles. The Morgan fingerprint density at radius 1 is 0.533 bits per heavy atom. The zero-order valence-electron chi connectivity index (χ0n) is 24.5. The summed E-state index contributed by atoms with van der Waals surface area (Å²) in [6.07, 6.45) is 5.67. The average molecular weight is 574 g/mol. The Morgan fingerprint density at radius 2 is 1.18 bits per heavy atom. The maximum absolute atomic E-state index is 3.91. The van der Waals surface area contributed by atoms with E-state index in [-0.39, 0.29) is 0 Å². The first kappa shape index (κ1) is 23.6. The van der Waals surface area contributed by atoms with Crippen LogP contribution in [-0.2, 0) is 0 Å². The topological polar surface area (TPSA) is 25.1 Å². The van der Waals surface area contributed by atoms with Gasteiger partial charge in [-0.15, -0.1) is 0 Å². The van der Waals surface area contributed by atoms with Crippen molar-refractivity contribution in [3.8, 4) is 5.69 Å². The molecular weight excluding hydrogens is 546 g/mol. The molecule has 0 radical (unpaired) electrons. The number of benzene rings is 6. The first-order valence-corrected chi connectivity index (χ1v) is 15.8. The van der Waals surface area contributed by atoms with Gasteiger partial charge in [0.25, 0.3) is 0 Å². The lowest BCUT2D eigenvalue weighted by molar-refractivity contribution is 0.796. The van der Waals surface area contributed by atoms with Gasteiger partial charge in [-0.2, -0.15) is 0 Å². The van der Waals surface area contributed by atoms with E-state index in [1.807, 2.05) is 0 Å². The molecule has 0 amide bonds. The molecule has 3 heteroatoms. The average Bonchev–Trinajstić information content (AvgIpc) is 3.82. The normalized spacial score (nSPS) is 15.2. The summed E-state index contributed by atoms with van der Waals surface area (Å²) in [4.78, 5) is 3.91. The van der Waals surface area contributed by atoms with E-state index in [1.54, 1.807) is 0 Å². The van der Waals surface area contributed by atoms with E-state index in [9.17, 15) is 0 Å². The van der Waals surface area contributed by atoms with Gasteiger partial charge in [0, 0.05) is 66.1 Å². The molecule has 0 saturated heterocycles. The minimum absolute atomic E-state index is 0.331. The Morgan fingerprint density at radius 3 is 2.02 bits per heavy atom. The number of aromatic nitrogens is 3. The van der Waals surface area contributed by atoms with Crippen LogP contribution in [0.15, 0.2) is 133 Å². The minimum atomic E-state index is 0.331. The quantitative estimate of drug-likeness (QED) is 0.213. The molecule has 3 nitrogen and oxygen atoms in total. The number of para-hydroxylation sites is 3. The number of allylic oxidation sites excluding steroid dienone is 1. The molecule has 4 aromatic heterocycles. The van der Waals surface area contributed by atoms with Crippen molar-refractivity contribution in [2.24, 2.45) is 0 Å². The minimum Gasteiger partial charge on any atom is -0.357 e. The van der Waals surface area contributed by atoms with Crippen molar-refractivity contribution in [1.82, 2.24) is 14.0 Å². The third-order valence-corrected chi connectivity index (χ3v) is 10.3. The van der Waals surface area contributed by atoms with E-state index in [2.05, 4.69) is 153 Å². The summed E-state index contributed by atoms with van der Waals surface area (Å²) in [6.45, 7) is 0. The number of rotatable bonds is 2. The van der Waals surface area contributed by atoms with Gasteiger partial charge in [0.1, 0.15) is 0 Å². The summed E-state index contributed by atoms with van der Waals surface area (Å²) in [7, 11) is 0. The van der Waals surface area contributed by atoms with Crippen LogP contribution in [0.5, 0.6) is 0 Å². The van der Waals surface area contributed by atoms with Crippen LogP contribution in [0.4, 0.5) is 0 Å². The van der Waals surface area contributed by atoms with Crippen LogP contribution in [0, 0.1) is 0 Å². The summed E-state index contributed by atoms with van der Waals surface area (Å²) in [5, 5.41) is 9.06.